The van der Waals surface area contributed by atoms with Crippen LogP contribution in [0.4, 0.5) is 0 Å². The van der Waals surface area contributed by atoms with Gasteiger partial charge < -0.3 is 28.4 Å². The molecule has 0 spiro atoms. The first kappa shape index (κ1) is 23.3. The zero-order valence-corrected chi connectivity index (χ0v) is 17.2. The van der Waals surface area contributed by atoms with Gasteiger partial charge in [-0.1, -0.05) is 0 Å². The Balaban J connectivity index is 3.08. The first-order chi connectivity index (χ1) is 12.9. The second-order valence-corrected chi connectivity index (χ2v) is 7.15. The third kappa shape index (κ3) is 7.79. The molecule has 156 valence electrons. The van der Waals surface area contributed by atoms with E-state index in [-0.39, 0.29) is 20.2 Å². The zero-order chi connectivity index (χ0) is 20.3. The Morgan fingerprint density at radius 1 is 0.852 bits per heavy atom. The van der Waals surface area contributed by atoms with Crippen LogP contribution in [0.15, 0.2) is 6.07 Å². The van der Waals surface area contributed by atoms with Crippen LogP contribution in [0, 0.1) is 0 Å². The molecule has 0 unspecified atom stereocenters. The molecular formula is C17H28O9S. The maximum atomic E-state index is 11.0. The molecule has 0 aliphatic carbocycles. The van der Waals surface area contributed by atoms with Crippen LogP contribution in [-0.2, 0) is 30.2 Å². The van der Waals surface area contributed by atoms with Crippen LogP contribution >= 0.6 is 0 Å². The smallest absolute Gasteiger partial charge is 0.264 e. The third-order valence-corrected chi connectivity index (χ3v) is 4.05. The minimum absolute atomic E-state index is 0.0297. The molecule has 0 aliphatic heterocycles. The number of hydrogen-bond donors (Lipinski definition) is 0. The Labute approximate surface area is 160 Å². The number of rotatable bonds is 14. The van der Waals surface area contributed by atoms with Gasteiger partial charge in [0, 0.05) is 25.8 Å². The number of hydrogen-bond acceptors (Lipinski definition) is 9. The van der Waals surface area contributed by atoms with Crippen molar-refractivity contribution < 1.29 is 41.0 Å². The number of ether oxygens (including phenoxy) is 6. The highest BCUT2D eigenvalue weighted by Gasteiger charge is 2.22. The lowest BCUT2D eigenvalue weighted by Gasteiger charge is -2.20. The van der Waals surface area contributed by atoms with Crippen LogP contribution in [0.3, 0.4) is 0 Å². The highest BCUT2D eigenvalue weighted by molar-refractivity contribution is 7.85. The van der Waals surface area contributed by atoms with Crippen molar-refractivity contribution in [3.63, 3.8) is 0 Å². The van der Waals surface area contributed by atoms with Gasteiger partial charge in [-0.2, -0.15) is 8.42 Å². The molecule has 27 heavy (non-hydrogen) atoms. The largest absolute Gasteiger partial charge is 0.493 e. The first-order valence-electron chi connectivity index (χ1n) is 8.23. The van der Waals surface area contributed by atoms with Gasteiger partial charge in [0.2, 0.25) is 0 Å². The van der Waals surface area contributed by atoms with Crippen molar-refractivity contribution in [2.24, 2.45) is 0 Å². The number of methoxy groups -OCH3 is 4. The van der Waals surface area contributed by atoms with E-state index in [0.29, 0.717) is 42.3 Å². The fourth-order valence-corrected chi connectivity index (χ4v) is 2.79. The van der Waals surface area contributed by atoms with Crippen LogP contribution in [-0.4, -0.2) is 63.3 Å². The zero-order valence-electron chi connectivity index (χ0n) is 16.4. The average Bonchev–Trinajstić information content (AvgIpc) is 2.63. The second kappa shape index (κ2) is 11.9. The number of benzene rings is 1. The lowest BCUT2D eigenvalue weighted by Crippen LogP contribution is -2.09. The second-order valence-electron chi connectivity index (χ2n) is 5.50. The van der Waals surface area contributed by atoms with E-state index in [4.69, 9.17) is 32.6 Å². The SMILES string of the molecule is COCOc1cc(OC)c(OCOC)c(CCCCOS(C)(=O)=O)c1OC. The van der Waals surface area contributed by atoms with E-state index < -0.39 is 10.1 Å². The summed E-state index contributed by atoms with van der Waals surface area (Å²) in [7, 11) is 2.63. The van der Waals surface area contributed by atoms with Crippen molar-refractivity contribution in [2.75, 3.05) is 54.9 Å². The normalized spacial score (nSPS) is 11.3. The monoisotopic (exact) mass is 408 g/mol. The van der Waals surface area contributed by atoms with Gasteiger partial charge in [-0.3, -0.25) is 4.18 Å². The highest BCUT2D eigenvalue weighted by Crippen LogP contribution is 2.45. The van der Waals surface area contributed by atoms with Crippen LogP contribution < -0.4 is 18.9 Å². The molecular weight excluding hydrogens is 380 g/mol. The van der Waals surface area contributed by atoms with E-state index in [1.54, 1.807) is 6.07 Å². The Hall–Kier alpha value is -1.75. The first-order valence-corrected chi connectivity index (χ1v) is 10.0. The van der Waals surface area contributed by atoms with Crippen LogP contribution in [0.25, 0.3) is 0 Å². The summed E-state index contributed by atoms with van der Waals surface area (Å²) in [5.74, 6) is 1.87. The summed E-state index contributed by atoms with van der Waals surface area (Å²) in [6.07, 6.45) is 2.71. The fourth-order valence-electron chi connectivity index (χ4n) is 2.37. The van der Waals surface area contributed by atoms with E-state index in [0.717, 1.165) is 11.8 Å². The maximum absolute atomic E-state index is 11.0. The molecule has 0 N–H and O–H groups in total. The molecule has 1 aromatic carbocycles. The van der Waals surface area contributed by atoms with Crippen molar-refractivity contribution >= 4 is 10.1 Å². The topological polar surface area (TPSA) is 98.8 Å². The van der Waals surface area contributed by atoms with Gasteiger partial charge in [0.15, 0.2) is 36.6 Å². The molecule has 0 saturated carbocycles. The molecule has 0 aromatic heterocycles. The van der Waals surface area contributed by atoms with Gasteiger partial charge in [-0.15, -0.1) is 0 Å². The number of unbranched alkanes of at least 4 members (excludes halogenated alkanes) is 1. The van der Waals surface area contributed by atoms with Crippen molar-refractivity contribution in [3.05, 3.63) is 11.6 Å². The predicted molar refractivity (Wildman–Crippen MR) is 98.3 cm³/mol. The Morgan fingerprint density at radius 2 is 1.52 bits per heavy atom. The minimum atomic E-state index is -3.45. The van der Waals surface area contributed by atoms with Crippen molar-refractivity contribution in [1.82, 2.24) is 0 Å². The third-order valence-electron chi connectivity index (χ3n) is 3.45. The lowest BCUT2D eigenvalue weighted by molar-refractivity contribution is 0.0444. The Kier molecular flexibility index (Phi) is 10.2. The van der Waals surface area contributed by atoms with Crippen LogP contribution in [0.5, 0.6) is 23.0 Å². The highest BCUT2D eigenvalue weighted by atomic mass is 32.2. The molecule has 0 atom stereocenters. The van der Waals surface area contributed by atoms with E-state index in [9.17, 15) is 8.42 Å². The van der Waals surface area contributed by atoms with Gasteiger partial charge in [0.1, 0.15) is 0 Å². The van der Waals surface area contributed by atoms with Gasteiger partial charge in [-0.25, -0.2) is 0 Å². The van der Waals surface area contributed by atoms with E-state index >= 15 is 0 Å². The standard InChI is InChI=1S/C17H28O9S/c1-20-11-24-15-10-14(22-3)17(25-12-21-2)13(16(15)23-4)8-6-7-9-26-27(5,18)19/h10H,6-9,11-12H2,1-5H3. The molecule has 9 nitrogen and oxygen atoms in total. The predicted octanol–water partition coefficient (Wildman–Crippen LogP) is 1.97. The summed E-state index contributed by atoms with van der Waals surface area (Å²) < 4.78 is 59.0. The van der Waals surface area contributed by atoms with Crippen molar-refractivity contribution in [2.45, 2.75) is 19.3 Å². The summed E-state index contributed by atoms with van der Waals surface area (Å²) >= 11 is 0. The summed E-state index contributed by atoms with van der Waals surface area (Å²) in [5.41, 5.74) is 0.722. The summed E-state index contributed by atoms with van der Waals surface area (Å²) in [4.78, 5) is 0. The molecule has 10 heteroatoms. The molecule has 0 heterocycles. The molecule has 0 radical (unpaired) electrons. The van der Waals surface area contributed by atoms with Gasteiger partial charge in [-0.05, 0) is 19.3 Å². The van der Waals surface area contributed by atoms with Gasteiger partial charge in [0.05, 0.1) is 27.1 Å². The lowest BCUT2D eigenvalue weighted by atomic mass is 10.0. The quantitative estimate of drug-likeness (QED) is 0.260. The van der Waals surface area contributed by atoms with Gasteiger partial charge >= 0.3 is 0 Å². The molecule has 0 bridgehead atoms. The summed E-state index contributed by atoms with van der Waals surface area (Å²) in [6.45, 7) is 0.174. The maximum Gasteiger partial charge on any atom is 0.264 e. The molecule has 0 amide bonds. The minimum Gasteiger partial charge on any atom is -0.493 e. The molecule has 0 saturated heterocycles. The van der Waals surface area contributed by atoms with Crippen LogP contribution in [0.1, 0.15) is 18.4 Å². The van der Waals surface area contributed by atoms with E-state index in [2.05, 4.69) is 0 Å². The molecule has 1 aromatic rings. The van der Waals surface area contributed by atoms with E-state index in [1.165, 1.54) is 28.4 Å². The summed E-state index contributed by atoms with van der Waals surface area (Å²) in [6, 6.07) is 1.65. The summed E-state index contributed by atoms with van der Waals surface area (Å²) in [5, 5.41) is 0. The average molecular weight is 408 g/mol. The van der Waals surface area contributed by atoms with E-state index in [1.807, 2.05) is 0 Å². The molecule has 0 fully saturated rings. The Bertz CT molecular complexity index is 673. The fraction of sp³-hybridized carbons (Fsp3) is 0.647. The Morgan fingerprint density at radius 3 is 2.07 bits per heavy atom. The van der Waals surface area contributed by atoms with Crippen molar-refractivity contribution in [3.8, 4) is 23.0 Å². The molecule has 1 rings (SSSR count). The van der Waals surface area contributed by atoms with Crippen LogP contribution in [0.2, 0.25) is 0 Å². The molecule has 0 aliphatic rings. The van der Waals surface area contributed by atoms with Crippen molar-refractivity contribution in [1.29, 1.82) is 0 Å². The van der Waals surface area contributed by atoms with Gasteiger partial charge in [0.25, 0.3) is 10.1 Å².